The van der Waals surface area contributed by atoms with Gasteiger partial charge in [-0.05, 0) is 60.9 Å². The van der Waals surface area contributed by atoms with E-state index >= 15 is 0 Å². The Balaban J connectivity index is 1.49. The number of carbonyl (C=O) groups is 1. The Hall–Kier alpha value is -1.69. The fourth-order valence-corrected chi connectivity index (χ4v) is 4.34. The second-order valence-corrected chi connectivity index (χ2v) is 8.63. The molecular formula is C20H18Cl2N2O2S. The first-order chi connectivity index (χ1) is 13.0. The van der Waals surface area contributed by atoms with Gasteiger partial charge in [0.1, 0.15) is 11.5 Å². The molecule has 3 heterocycles. The number of benzene rings is 1. The molecule has 27 heavy (non-hydrogen) atoms. The quantitative estimate of drug-likeness (QED) is 0.562. The van der Waals surface area contributed by atoms with Crippen LogP contribution in [0.4, 0.5) is 0 Å². The molecule has 1 saturated heterocycles. The highest BCUT2D eigenvalue weighted by Gasteiger charge is 2.28. The fourth-order valence-electron chi connectivity index (χ4n) is 3.10. The van der Waals surface area contributed by atoms with Gasteiger partial charge in [0.25, 0.3) is 5.91 Å². The van der Waals surface area contributed by atoms with Gasteiger partial charge in [-0.3, -0.25) is 4.79 Å². The Bertz CT molecular complexity index is 943. The Morgan fingerprint density at radius 1 is 1.19 bits per heavy atom. The lowest BCUT2D eigenvalue weighted by Crippen LogP contribution is -2.35. The van der Waals surface area contributed by atoms with E-state index in [0.717, 1.165) is 42.6 Å². The molecule has 0 saturated carbocycles. The van der Waals surface area contributed by atoms with E-state index < -0.39 is 0 Å². The van der Waals surface area contributed by atoms with Gasteiger partial charge in [0, 0.05) is 24.7 Å². The smallest absolute Gasteiger partial charge is 0.286 e. The topological polar surface area (TPSA) is 45.8 Å². The SMILES string of the molecule is CC1CCN(C2=NC(=O)/C(=C\c3ccc(-c4ccc(Cl)c(Cl)c4)o3)S2)CC1. The minimum atomic E-state index is -0.207. The Morgan fingerprint density at radius 3 is 2.70 bits per heavy atom. The third kappa shape index (κ3) is 4.10. The van der Waals surface area contributed by atoms with Crippen LogP contribution in [0.1, 0.15) is 25.5 Å². The molecule has 0 spiro atoms. The molecule has 1 amide bonds. The maximum absolute atomic E-state index is 12.3. The molecule has 140 valence electrons. The first kappa shape index (κ1) is 18.7. The Morgan fingerprint density at radius 2 is 1.96 bits per heavy atom. The summed E-state index contributed by atoms with van der Waals surface area (Å²) in [5.74, 6) is 1.81. The zero-order valence-electron chi connectivity index (χ0n) is 14.7. The molecule has 4 rings (SSSR count). The van der Waals surface area contributed by atoms with Gasteiger partial charge < -0.3 is 9.32 Å². The van der Waals surface area contributed by atoms with Gasteiger partial charge in [0.2, 0.25) is 0 Å². The largest absolute Gasteiger partial charge is 0.457 e. The standard InChI is InChI=1S/C20H18Cl2N2O2S/c1-12-6-8-24(9-7-12)20-23-19(25)18(27-20)11-14-3-5-17(26-14)13-2-4-15(21)16(22)10-13/h2-5,10-12H,6-9H2,1H3/b18-11+. The summed E-state index contributed by atoms with van der Waals surface area (Å²) in [6.07, 6.45) is 4.02. The van der Waals surface area contributed by atoms with E-state index in [0.29, 0.717) is 26.5 Å². The number of nitrogens with zero attached hydrogens (tertiary/aromatic N) is 2. The molecule has 0 N–H and O–H groups in total. The summed E-state index contributed by atoms with van der Waals surface area (Å²) in [5.41, 5.74) is 0.832. The van der Waals surface area contributed by atoms with Gasteiger partial charge in [0.05, 0.1) is 15.0 Å². The predicted molar refractivity (Wildman–Crippen MR) is 112 cm³/mol. The average molecular weight is 421 g/mol. The number of carbonyl (C=O) groups excluding carboxylic acids is 1. The molecule has 0 bridgehead atoms. The van der Waals surface area contributed by atoms with E-state index in [1.807, 2.05) is 18.2 Å². The van der Waals surface area contributed by atoms with E-state index in [1.54, 1.807) is 18.2 Å². The van der Waals surface area contributed by atoms with Crippen LogP contribution in [0.15, 0.2) is 44.6 Å². The predicted octanol–water partition coefficient (Wildman–Crippen LogP) is 5.96. The molecule has 2 aliphatic rings. The van der Waals surface area contributed by atoms with E-state index in [2.05, 4.69) is 16.8 Å². The monoisotopic (exact) mass is 420 g/mol. The highest BCUT2D eigenvalue weighted by atomic mass is 35.5. The van der Waals surface area contributed by atoms with Gasteiger partial charge >= 0.3 is 0 Å². The van der Waals surface area contributed by atoms with E-state index in [4.69, 9.17) is 27.6 Å². The number of hydrogen-bond donors (Lipinski definition) is 0. The summed E-state index contributed by atoms with van der Waals surface area (Å²) < 4.78 is 5.86. The highest BCUT2D eigenvalue weighted by Crippen LogP contribution is 2.34. The van der Waals surface area contributed by atoms with Crippen molar-refractivity contribution in [3.8, 4) is 11.3 Å². The van der Waals surface area contributed by atoms with E-state index in [9.17, 15) is 4.79 Å². The second-order valence-electron chi connectivity index (χ2n) is 6.81. The van der Waals surface area contributed by atoms with Crippen molar-refractivity contribution in [1.82, 2.24) is 4.90 Å². The lowest BCUT2D eigenvalue weighted by Gasteiger charge is -2.30. The number of rotatable bonds is 2. The van der Waals surface area contributed by atoms with Crippen LogP contribution in [0.3, 0.4) is 0 Å². The molecule has 0 atom stereocenters. The third-order valence-corrected chi connectivity index (χ3v) is 6.55. The van der Waals surface area contributed by atoms with Crippen LogP contribution in [0.2, 0.25) is 10.0 Å². The van der Waals surface area contributed by atoms with Gasteiger partial charge in [-0.2, -0.15) is 4.99 Å². The molecule has 1 fully saturated rings. The van der Waals surface area contributed by atoms with Gasteiger partial charge in [-0.1, -0.05) is 30.1 Å². The van der Waals surface area contributed by atoms with Crippen LogP contribution in [0, 0.1) is 5.92 Å². The van der Waals surface area contributed by atoms with Gasteiger partial charge in [-0.15, -0.1) is 0 Å². The second kappa shape index (κ2) is 7.74. The van der Waals surface area contributed by atoms with Crippen LogP contribution in [0.25, 0.3) is 17.4 Å². The molecule has 4 nitrogen and oxygen atoms in total. The number of thioether (sulfide) groups is 1. The maximum atomic E-state index is 12.3. The van der Waals surface area contributed by atoms with Crippen molar-refractivity contribution in [2.45, 2.75) is 19.8 Å². The van der Waals surface area contributed by atoms with Crippen molar-refractivity contribution in [3.05, 3.63) is 51.0 Å². The minimum absolute atomic E-state index is 0.207. The number of aliphatic imine (C=N–C) groups is 1. The van der Waals surface area contributed by atoms with Gasteiger partial charge in [-0.25, -0.2) is 0 Å². The maximum Gasteiger partial charge on any atom is 0.286 e. The number of amidine groups is 1. The van der Waals surface area contributed by atoms with Crippen molar-refractivity contribution < 1.29 is 9.21 Å². The summed E-state index contributed by atoms with van der Waals surface area (Å²) in [6, 6.07) is 9.02. The molecule has 7 heteroatoms. The lowest BCUT2D eigenvalue weighted by molar-refractivity contribution is -0.113. The van der Waals surface area contributed by atoms with E-state index in [-0.39, 0.29) is 5.91 Å². The summed E-state index contributed by atoms with van der Waals surface area (Å²) in [6.45, 7) is 4.17. The van der Waals surface area contributed by atoms with Crippen molar-refractivity contribution in [2.75, 3.05) is 13.1 Å². The van der Waals surface area contributed by atoms with Crippen LogP contribution < -0.4 is 0 Å². The zero-order chi connectivity index (χ0) is 19.0. The highest BCUT2D eigenvalue weighted by molar-refractivity contribution is 8.18. The van der Waals surface area contributed by atoms with Crippen LogP contribution in [-0.4, -0.2) is 29.1 Å². The Kier molecular flexibility index (Phi) is 5.35. The van der Waals surface area contributed by atoms with Crippen molar-refractivity contribution >= 4 is 52.1 Å². The third-order valence-electron chi connectivity index (χ3n) is 4.77. The number of furan rings is 1. The lowest BCUT2D eigenvalue weighted by atomic mass is 10.00. The van der Waals surface area contributed by atoms with Crippen LogP contribution in [-0.2, 0) is 4.79 Å². The van der Waals surface area contributed by atoms with Crippen molar-refractivity contribution in [2.24, 2.45) is 10.9 Å². The molecule has 2 aromatic rings. The van der Waals surface area contributed by atoms with Gasteiger partial charge in [0.15, 0.2) is 5.17 Å². The molecule has 0 unspecified atom stereocenters. The number of amides is 1. The number of likely N-dealkylation sites (tertiary alicyclic amines) is 1. The zero-order valence-corrected chi connectivity index (χ0v) is 17.1. The Labute approximate surface area is 172 Å². The van der Waals surface area contributed by atoms with E-state index in [1.165, 1.54) is 11.8 Å². The molecule has 0 aliphatic carbocycles. The molecule has 0 radical (unpaired) electrons. The molecule has 2 aliphatic heterocycles. The fraction of sp³-hybridized carbons (Fsp3) is 0.300. The molecule has 1 aromatic carbocycles. The van der Waals surface area contributed by atoms with Crippen molar-refractivity contribution in [1.29, 1.82) is 0 Å². The molecule has 1 aromatic heterocycles. The molecular weight excluding hydrogens is 403 g/mol. The van der Waals surface area contributed by atoms with Crippen LogP contribution >= 0.6 is 35.0 Å². The minimum Gasteiger partial charge on any atom is -0.457 e. The van der Waals surface area contributed by atoms with Crippen molar-refractivity contribution in [3.63, 3.8) is 0 Å². The first-order valence-electron chi connectivity index (χ1n) is 8.82. The summed E-state index contributed by atoms with van der Waals surface area (Å²) >= 11 is 13.5. The number of halogens is 2. The number of hydrogen-bond acceptors (Lipinski definition) is 4. The summed E-state index contributed by atoms with van der Waals surface area (Å²) in [7, 11) is 0. The summed E-state index contributed by atoms with van der Waals surface area (Å²) in [5, 5.41) is 1.77. The number of piperidine rings is 1. The first-order valence-corrected chi connectivity index (χ1v) is 10.4. The normalized spacial score (nSPS) is 19.8. The average Bonchev–Trinajstić information content (AvgIpc) is 3.26. The van der Waals surface area contributed by atoms with Crippen LogP contribution in [0.5, 0.6) is 0 Å². The summed E-state index contributed by atoms with van der Waals surface area (Å²) in [4.78, 5) is 19.3.